The third-order valence-corrected chi connectivity index (χ3v) is 5.75. The first-order valence-corrected chi connectivity index (χ1v) is 8.46. The van der Waals surface area contributed by atoms with E-state index in [4.69, 9.17) is 10.5 Å². The molecule has 1 saturated carbocycles. The van der Waals surface area contributed by atoms with Gasteiger partial charge in [0.05, 0.1) is 17.8 Å². The number of rotatable bonds is 4. The summed E-state index contributed by atoms with van der Waals surface area (Å²) in [5.41, 5.74) is 6.80. The first-order valence-electron chi connectivity index (χ1n) is 6.98. The second-order valence-corrected chi connectivity index (χ2v) is 7.33. The Hall–Kier alpha value is -1.11. The third-order valence-electron chi connectivity index (χ3n) is 4.04. The number of nitrogens with one attached hydrogen (secondary N) is 1. The Bertz CT molecular complexity index is 591. The number of benzene rings is 1. The molecule has 5 nitrogen and oxygen atoms in total. The monoisotopic (exact) mass is 296 g/mol. The molecule has 6 heteroatoms. The van der Waals surface area contributed by atoms with Crippen molar-refractivity contribution in [2.24, 2.45) is 5.92 Å². The van der Waals surface area contributed by atoms with Crippen LogP contribution >= 0.6 is 0 Å². The fourth-order valence-corrected chi connectivity index (χ4v) is 4.57. The van der Waals surface area contributed by atoms with Crippen LogP contribution in [-0.2, 0) is 14.8 Å². The van der Waals surface area contributed by atoms with E-state index in [0.717, 1.165) is 19.3 Å². The minimum absolute atomic E-state index is 0.0232. The highest BCUT2D eigenvalue weighted by Crippen LogP contribution is 2.39. The number of nitrogens with two attached hydrogens (primary N) is 1. The van der Waals surface area contributed by atoms with E-state index in [-0.39, 0.29) is 17.0 Å². The summed E-state index contributed by atoms with van der Waals surface area (Å²) in [5.74, 6) is 0.513. The number of anilines is 1. The molecular formula is C14H20N2O3S. The topological polar surface area (TPSA) is 81.4 Å². The van der Waals surface area contributed by atoms with Gasteiger partial charge in [0.15, 0.2) is 0 Å². The van der Waals surface area contributed by atoms with Crippen LogP contribution in [0.2, 0.25) is 0 Å². The second kappa shape index (κ2) is 5.02. The van der Waals surface area contributed by atoms with Gasteiger partial charge in [-0.05, 0) is 43.7 Å². The maximum atomic E-state index is 12.6. The van der Waals surface area contributed by atoms with Crippen LogP contribution in [0.4, 0.5) is 5.69 Å². The average Bonchev–Trinajstić information content (AvgIpc) is 3.10. The van der Waals surface area contributed by atoms with Crippen LogP contribution in [0.15, 0.2) is 23.1 Å². The first-order chi connectivity index (χ1) is 9.49. The van der Waals surface area contributed by atoms with E-state index in [9.17, 15) is 8.42 Å². The van der Waals surface area contributed by atoms with Gasteiger partial charge in [-0.1, -0.05) is 12.1 Å². The average molecular weight is 296 g/mol. The lowest BCUT2D eigenvalue weighted by Gasteiger charge is -2.20. The third kappa shape index (κ3) is 2.55. The van der Waals surface area contributed by atoms with Crippen molar-refractivity contribution in [1.29, 1.82) is 0 Å². The van der Waals surface area contributed by atoms with Gasteiger partial charge >= 0.3 is 0 Å². The number of ether oxygens (including phenoxy) is 1. The molecule has 1 aliphatic carbocycles. The van der Waals surface area contributed by atoms with Crippen molar-refractivity contribution in [1.82, 2.24) is 4.72 Å². The fourth-order valence-electron chi connectivity index (χ4n) is 2.93. The minimum Gasteiger partial charge on any atom is -0.398 e. The highest BCUT2D eigenvalue weighted by atomic mass is 32.2. The number of aryl methyl sites for hydroxylation is 1. The van der Waals surface area contributed by atoms with Crippen molar-refractivity contribution < 1.29 is 13.2 Å². The molecule has 110 valence electrons. The van der Waals surface area contributed by atoms with Gasteiger partial charge in [0.2, 0.25) is 10.0 Å². The highest BCUT2D eigenvalue weighted by Gasteiger charge is 2.42. The van der Waals surface area contributed by atoms with E-state index in [1.807, 2.05) is 0 Å². The lowest BCUT2D eigenvalue weighted by atomic mass is 10.1. The predicted molar refractivity (Wildman–Crippen MR) is 76.8 cm³/mol. The number of hydrogen-bond acceptors (Lipinski definition) is 4. The largest absolute Gasteiger partial charge is 0.398 e. The molecule has 2 atom stereocenters. The summed E-state index contributed by atoms with van der Waals surface area (Å²) in [5, 5.41) is 0. The number of nitrogen functional groups attached to an aromatic ring is 1. The normalized spacial score (nSPS) is 26.9. The fraction of sp³-hybridized carbons (Fsp3) is 0.571. The summed E-state index contributed by atoms with van der Waals surface area (Å²) in [7, 11) is -3.60. The molecule has 3 rings (SSSR count). The van der Waals surface area contributed by atoms with E-state index in [0.29, 0.717) is 23.8 Å². The summed E-state index contributed by atoms with van der Waals surface area (Å²) < 4.78 is 33.6. The number of hydrogen-bond donors (Lipinski definition) is 2. The van der Waals surface area contributed by atoms with Gasteiger partial charge in [-0.25, -0.2) is 13.1 Å². The van der Waals surface area contributed by atoms with Crippen LogP contribution in [-0.4, -0.2) is 27.2 Å². The molecule has 0 amide bonds. The molecule has 1 heterocycles. The van der Waals surface area contributed by atoms with E-state index in [1.54, 1.807) is 25.1 Å². The van der Waals surface area contributed by atoms with E-state index in [1.165, 1.54) is 0 Å². The minimum atomic E-state index is -3.60. The Kier molecular flexibility index (Phi) is 3.48. The van der Waals surface area contributed by atoms with Crippen molar-refractivity contribution in [3.05, 3.63) is 23.8 Å². The molecule has 1 aromatic rings. The molecule has 0 radical (unpaired) electrons. The molecule has 0 bridgehead atoms. The summed E-state index contributed by atoms with van der Waals surface area (Å²) in [6, 6.07) is 5.00. The standard InChI is InChI=1S/C14H20N2O3S/c1-9-3-2-4-11(15)14(9)20(17,18)16-12-7-8-19-13(12)10-5-6-10/h2-4,10,12-13,16H,5-8,15H2,1H3. The van der Waals surface area contributed by atoms with Crippen LogP contribution in [0, 0.1) is 12.8 Å². The van der Waals surface area contributed by atoms with E-state index < -0.39 is 10.0 Å². The Morgan fingerprint density at radius 2 is 2.05 bits per heavy atom. The summed E-state index contributed by atoms with van der Waals surface area (Å²) in [6.45, 7) is 2.38. The molecule has 1 saturated heterocycles. The molecule has 2 aliphatic rings. The lowest BCUT2D eigenvalue weighted by Crippen LogP contribution is -2.41. The molecule has 0 spiro atoms. The predicted octanol–water partition coefficient (Wildman–Crippen LogP) is 1.42. The zero-order valence-electron chi connectivity index (χ0n) is 11.5. The number of sulfonamides is 1. The van der Waals surface area contributed by atoms with Gasteiger partial charge in [0.1, 0.15) is 4.90 Å². The van der Waals surface area contributed by atoms with E-state index in [2.05, 4.69) is 4.72 Å². The first kappa shape index (κ1) is 13.9. The van der Waals surface area contributed by atoms with Crippen molar-refractivity contribution >= 4 is 15.7 Å². The zero-order valence-corrected chi connectivity index (χ0v) is 12.3. The maximum absolute atomic E-state index is 12.6. The maximum Gasteiger partial charge on any atom is 0.243 e. The Labute approximate surface area is 119 Å². The summed E-state index contributed by atoms with van der Waals surface area (Å²) in [6.07, 6.45) is 3.02. The van der Waals surface area contributed by atoms with E-state index >= 15 is 0 Å². The van der Waals surface area contributed by atoms with Gasteiger partial charge in [-0.2, -0.15) is 0 Å². The molecular weight excluding hydrogens is 276 g/mol. The molecule has 1 aliphatic heterocycles. The smallest absolute Gasteiger partial charge is 0.243 e. The van der Waals surface area contributed by atoms with Crippen molar-refractivity contribution in [2.75, 3.05) is 12.3 Å². The molecule has 2 unspecified atom stereocenters. The van der Waals surface area contributed by atoms with Crippen molar-refractivity contribution in [3.63, 3.8) is 0 Å². The van der Waals surface area contributed by atoms with Crippen LogP contribution < -0.4 is 10.5 Å². The van der Waals surface area contributed by atoms with Crippen LogP contribution in [0.1, 0.15) is 24.8 Å². The quantitative estimate of drug-likeness (QED) is 0.823. The van der Waals surface area contributed by atoms with Crippen LogP contribution in [0.3, 0.4) is 0 Å². The van der Waals surface area contributed by atoms with Crippen molar-refractivity contribution in [3.8, 4) is 0 Å². The molecule has 1 aromatic carbocycles. The Morgan fingerprint density at radius 1 is 1.30 bits per heavy atom. The Morgan fingerprint density at radius 3 is 2.70 bits per heavy atom. The van der Waals surface area contributed by atoms with Crippen LogP contribution in [0.25, 0.3) is 0 Å². The Balaban J connectivity index is 1.85. The van der Waals surface area contributed by atoms with Gasteiger partial charge in [-0.15, -0.1) is 0 Å². The molecule has 0 aromatic heterocycles. The van der Waals surface area contributed by atoms with Gasteiger partial charge in [0, 0.05) is 6.61 Å². The van der Waals surface area contributed by atoms with Gasteiger partial charge < -0.3 is 10.5 Å². The molecule has 2 fully saturated rings. The molecule has 20 heavy (non-hydrogen) atoms. The molecule has 3 N–H and O–H groups in total. The van der Waals surface area contributed by atoms with Gasteiger partial charge in [0.25, 0.3) is 0 Å². The van der Waals surface area contributed by atoms with Gasteiger partial charge in [-0.3, -0.25) is 0 Å². The SMILES string of the molecule is Cc1cccc(N)c1S(=O)(=O)NC1CCOC1C1CC1. The summed E-state index contributed by atoms with van der Waals surface area (Å²) in [4.78, 5) is 0.196. The zero-order chi connectivity index (χ0) is 14.3. The van der Waals surface area contributed by atoms with Crippen molar-refractivity contribution in [2.45, 2.75) is 43.2 Å². The highest BCUT2D eigenvalue weighted by molar-refractivity contribution is 7.89. The lowest BCUT2D eigenvalue weighted by molar-refractivity contribution is 0.0848. The van der Waals surface area contributed by atoms with Crippen LogP contribution in [0.5, 0.6) is 0 Å². The second-order valence-electron chi connectivity index (χ2n) is 5.68. The summed E-state index contributed by atoms with van der Waals surface area (Å²) >= 11 is 0.